The molecule has 128 valence electrons. The Kier molecular flexibility index (Phi) is 3.44. The fraction of sp³-hybridized carbons (Fsp3) is 0.211. The van der Waals surface area contributed by atoms with Crippen LogP contribution in [0.1, 0.15) is 12.7 Å². The lowest BCUT2D eigenvalue weighted by atomic mass is 9.81. The lowest BCUT2D eigenvalue weighted by molar-refractivity contribution is -0.127. The lowest BCUT2D eigenvalue weighted by Crippen LogP contribution is -2.69. The highest BCUT2D eigenvalue weighted by atomic mass is 35.5. The number of alkyl halides is 1. The molecule has 2 aromatic carbocycles. The summed E-state index contributed by atoms with van der Waals surface area (Å²) >= 11 is 6.36. The molecule has 0 bridgehead atoms. The number of hydrogen-bond acceptors (Lipinski definition) is 4. The van der Waals surface area contributed by atoms with Gasteiger partial charge in [-0.2, -0.15) is 0 Å². The molecule has 2 unspecified atom stereocenters. The molecule has 0 radical (unpaired) electrons. The Morgan fingerprint density at radius 2 is 1.88 bits per heavy atom. The van der Waals surface area contributed by atoms with Crippen molar-refractivity contribution in [3.63, 3.8) is 0 Å². The van der Waals surface area contributed by atoms with Crippen molar-refractivity contribution in [1.29, 1.82) is 0 Å². The van der Waals surface area contributed by atoms with E-state index in [4.69, 9.17) is 20.8 Å². The van der Waals surface area contributed by atoms with Crippen LogP contribution in [0, 0.1) is 0 Å². The number of anilines is 1. The Morgan fingerprint density at radius 3 is 2.52 bits per heavy atom. The molecule has 0 spiro atoms. The van der Waals surface area contributed by atoms with Gasteiger partial charge in [-0.3, -0.25) is 9.69 Å². The highest BCUT2D eigenvalue weighted by Crippen LogP contribution is 2.52. The van der Waals surface area contributed by atoms with E-state index in [1.54, 1.807) is 55.3 Å². The number of para-hydroxylation sites is 1. The van der Waals surface area contributed by atoms with Crippen LogP contribution < -0.4 is 9.64 Å². The molecule has 0 aliphatic carbocycles. The van der Waals surface area contributed by atoms with Gasteiger partial charge in [-0.15, -0.1) is 11.6 Å². The summed E-state index contributed by atoms with van der Waals surface area (Å²) in [6, 6.07) is 14.3. The Labute approximate surface area is 149 Å². The standard InChI is InChI=1S/C19H16ClNO4/c1-19(17-15(22)13-5-3-4-6-14(13)25-17)16(20)18(23)21(19)11-7-9-12(24-2)10-8-11/h3-10,16,22H,1-2H3. The quantitative estimate of drug-likeness (QED) is 0.568. The van der Waals surface area contributed by atoms with E-state index in [-0.39, 0.29) is 17.4 Å². The van der Waals surface area contributed by atoms with Gasteiger partial charge in [0.05, 0.1) is 12.5 Å². The molecule has 6 heteroatoms. The van der Waals surface area contributed by atoms with Crippen molar-refractivity contribution in [2.45, 2.75) is 17.8 Å². The van der Waals surface area contributed by atoms with Crippen LogP contribution >= 0.6 is 11.6 Å². The Morgan fingerprint density at radius 1 is 1.20 bits per heavy atom. The normalized spacial score (nSPS) is 22.9. The van der Waals surface area contributed by atoms with Gasteiger partial charge in [0.2, 0.25) is 5.91 Å². The van der Waals surface area contributed by atoms with Gasteiger partial charge >= 0.3 is 0 Å². The average molecular weight is 358 g/mol. The van der Waals surface area contributed by atoms with Crippen LogP contribution in [0.4, 0.5) is 5.69 Å². The molecule has 4 rings (SSSR count). The number of amides is 1. The second kappa shape index (κ2) is 5.43. The molecular weight excluding hydrogens is 342 g/mol. The maximum Gasteiger partial charge on any atom is 0.248 e. The number of benzene rings is 2. The van der Waals surface area contributed by atoms with Crippen LogP contribution in [-0.4, -0.2) is 23.5 Å². The minimum atomic E-state index is -0.990. The maximum absolute atomic E-state index is 12.5. The molecule has 0 saturated carbocycles. The van der Waals surface area contributed by atoms with E-state index in [2.05, 4.69) is 0 Å². The van der Waals surface area contributed by atoms with Gasteiger partial charge in [-0.05, 0) is 43.3 Å². The third-order valence-corrected chi connectivity index (χ3v) is 5.37. The van der Waals surface area contributed by atoms with Crippen molar-refractivity contribution >= 4 is 34.2 Å². The van der Waals surface area contributed by atoms with E-state index in [0.717, 1.165) is 0 Å². The molecule has 1 aliphatic rings. The first-order valence-electron chi connectivity index (χ1n) is 7.81. The predicted octanol–water partition coefficient (Wildman–Crippen LogP) is 4.02. The molecule has 2 atom stereocenters. The second-order valence-electron chi connectivity index (χ2n) is 6.16. The van der Waals surface area contributed by atoms with Gasteiger partial charge in [-0.25, -0.2) is 0 Å². The summed E-state index contributed by atoms with van der Waals surface area (Å²) in [5.41, 5.74) is 0.218. The minimum Gasteiger partial charge on any atom is -0.504 e. The molecular formula is C19H16ClNO4. The van der Waals surface area contributed by atoms with Crippen LogP contribution in [0.5, 0.6) is 11.5 Å². The number of carbonyl (C=O) groups is 1. The Bertz CT molecular complexity index is 965. The van der Waals surface area contributed by atoms with Gasteiger partial charge in [0.15, 0.2) is 11.5 Å². The van der Waals surface area contributed by atoms with Crippen LogP contribution in [0.15, 0.2) is 52.9 Å². The number of ether oxygens (including phenoxy) is 1. The summed E-state index contributed by atoms with van der Waals surface area (Å²) in [6.07, 6.45) is 0. The first-order valence-corrected chi connectivity index (χ1v) is 8.25. The summed E-state index contributed by atoms with van der Waals surface area (Å²) < 4.78 is 11.0. The third-order valence-electron chi connectivity index (χ3n) is 4.75. The monoisotopic (exact) mass is 357 g/mol. The summed E-state index contributed by atoms with van der Waals surface area (Å²) in [5, 5.41) is 10.4. The number of nitrogens with zero attached hydrogens (tertiary/aromatic N) is 1. The summed E-state index contributed by atoms with van der Waals surface area (Å²) in [7, 11) is 1.58. The number of hydrogen-bond donors (Lipinski definition) is 1. The van der Waals surface area contributed by atoms with Crippen molar-refractivity contribution in [1.82, 2.24) is 0 Å². The fourth-order valence-electron chi connectivity index (χ4n) is 3.35. The number of rotatable bonds is 3. The summed E-state index contributed by atoms with van der Waals surface area (Å²) in [5.74, 6) is 0.737. The van der Waals surface area contributed by atoms with E-state index in [9.17, 15) is 9.90 Å². The predicted molar refractivity (Wildman–Crippen MR) is 95.4 cm³/mol. The number of halogens is 1. The van der Waals surface area contributed by atoms with Crippen LogP contribution in [0.25, 0.3) is 11.0 Å². The zero-order valence-electron chi connectivity index (χ0n) is 13.7. The maximum atomic E-state index is 12.5. The number of carbonyl (C=O) groups excluding carboxylic acids is 1. The smallest absolute Gasteiger partial charge is 0.248 e. The first kappa shape index (κ1) is 15.8. The molecule has 1 aromatic heterocycles. The van der Waals surface area contributed by atoms with E-state index in [1.165, 1.54) is 0 Å². The molecule has 1 amide bonds. The molecule has 2 heterocycles. The van der Waals surface area contributed by atoms with E-state index >= 15 is 0 Å². The van der Waals surface area contributed by atoms with Crippen molar-refractivity contribution in [2.75, 3.05) is 12.0 Å². The van der Waals surface area contributed by atoms with Gasteiger partial charge < -0.3 is 14.3 Å². The number of fused-ring (bicyclic) bond motifs is 1. The van der Waals surface area contributed by atoms with Gasteiger partial charge in [0.25, 0.3) is 0 Å². The molecule has 3 aromatic rings. The van der Waals surface area contributed by atoms with Crippen LogP contribution in [0.2, 0.25) is 0 Å². The molecule has 25 heavy (non-hydrogen) atoms. The fourth-order valence-corrected chi connectivity index (χ4v) is 3.64. The lowest BCUT2D eigenvalue weighted by Gasteiger charge is -2.51. The highest BCUT2D eigenvalue weighted by Gasteiger charge is 2.61. The van der Waals surface area contributed by atoms with E-state index < -0.39 is 10.9 Å². The number of β-lactam (4-membered cyclic amide) rings is 1. The second-order valence-corrected chi connectivity index (χ2v) is 6.59. The summed E-state index contributed by atoms with van der Waals surface area (Å²) in [4.78, 5) is 14.0. The highest BCUT2D eigenvalue weighted by molar-refractivity contribution is 6.38. The van der Waals surface area contributed by atoms with Crippen molar-refractivity contribution < 1.29 is 19.1 Å². The average Bonchev–Trinajstić information content (AvgIpc) is 2.99. The topological polar surface area (TPSA) is 62.9 Å². The summed E-state index contributed by atoms with van der Waals surface area (Å²) in [6.45, 7) is 1.79. The first-order chi connectivity index (χ1) is 12.0. The zero-order valence-corrected chi connectivity index (χ0v) is 14.4. The van der Waals surface area contributed by atoms with Gasteiger partial charge in [0.1, 0.15) is 22.2 Å². The van der Waals surface area contributed by atoms with Gasteiger partial charge in [0, 0.05) is 5.69 Å². The number of aromatic hydroxyl groups is 1. The van der Waals surface area contributed by atoms with Crippen LogP contribution in [-0.2, 0) is 10.3 Å². The van der Waals surface area contributed by atoms with E-state index in [0.29, 0.717) is 22.4 Å². The van der Waals surface area contributed by atoms with E-state index in [1.807, 2.05) is 12.1 Å². The number of methoxy groups -OCH3 is 1. The molecule has 1 N–H and O–H groups in total. The van der Waals surface area contributed by atoms with Crippen molar-refractivity contribution in [2.24, 2.45) is 0 Å². The number of furan rings is 1. The van der Waals surface area contributed by atoms with Crippen LogP contribution in [0.3, 0.4) is 0 Å². The van der Waals surface area contributed by atoms with Crippen molar-refractivity contribution in [3.05, 3.63) is 54.3 Å². The minimum absolute atomic E-state index is 0.00904. The SMILES string of the molecule is COc1ccc(N2C(=O)C(Cl)C2(C)c2oc3ccccc3c2O)cc1. The molecule has 1 fully saturated rings. The van der Waals surface area contributed by atoms with Gasteiger partial charge in [-0.1, -0.05) is 12.1 Å². The molecule has 5 nitrogen and oxygen atoms in total. The third kappa shape index (κ3) is 2.05. The van der Waals surface area contributed by atoms with Crippen molar-refractivity contribution in [3.8, 4) is 11.5 Å². The molecule has 1 saturated heterocycles. The zero-order chi connectivity index (χ0) is 17.8. The Hall–Kier alpha value is -2.66. The largest absolute Gasteiger partial charge is 0.504 e. The Balaban J connectivity index is 1.84. The molecule has 1 aliphatic heterocycles.